The highest BCUT2D eigenvalue weighted by Crippen LogP contribution is 2.27. The van der Waals surface area contributed by atoms with Crippen molar-refractivity contribution in [2.75, 3.05) is 0 Å². The zero-order valence-corrected chi connectivity index (χ0v) is 8.42. The Kier molecular flexibility index (Phi) is 3.42. The molecule has 0 aliphatic rings. The average molecular weight is 246 g/mol. The van der Waals surface area contributed by atoms with Gasteiger partial charge in [-0.25, -0.2) is 4.39 Å². The van der Waals surface area contributed by atoms with Crippen LogP contribution in [0.5, 0.6) is 0 Å². The van der Waals surface area contributed by atoms with Crippen molar-refractivity contribution in [3.8, 4) is 0 Å². The standard InChI is InChI=1S/C9H9BrFNO/c10-7(5-9(12)13)6-3-1-2-4-8(6)11/h1-4,7H,5H2,(H2,12,13). The first-order chi connectivity index (χ1) is 6.11. The topological polar surface area (TPSA) is 43.1 Å². The number of carbonyl (C=O) groups is 1. The lowest BCUT2D eigenvalue weighted by Gasteiger charge is -2.08. The van der Waals surface area contributed by atoms with Crippen LogP contribution in [0.3, 0.4) is 0 Å². The predicted molar refractivity (Wildman–Crippen MR) is 51.9 cm³/mol. The molecule has 2 nitrogen and oxygen atoms in total. The molecule has 0 saturated heterocycles. The van der Waals surface area contributed by atoms with E-state index in [0.717, 1.165) is 0 Å². The van der Waals surface area contributed by atoms with Crippen LogP contribution in [0.1, 0.15) is 16.8 Å². The summed E-state index contributed by atoms with van der Waals surface area (Å²) in [6, 6.07) is 6.29. The van der Waals surface area contributed by atoms with Crippen LogP contribution in [-0.4, -0.2) is 5.91 Å². The second-order valence-electron chi connectivity index (χ2n) is 2.66. The molecule has 2 N–H and O–H groups in total. The number of primary amides is 1. The normalized spacial score (nSPS) is 12.5. The van der Waals surface area contributed by atoms with Gasteiger partial charge in [-0.1, -0.05) is 34.1 Å². The smallest absolute Gasteiger partial charge is 0.218 e. The third-order valence-corrected chi connectivity index (χ3v) is 2.44. The minimum absolute atomic E-state index is 0.0981. The molecule has 0 bridgehead atoms. The Morgan fingerprint density at radius 2 is 2.15 bits per heavy atom. The minimum Gasteiger partial charge on any atom is -0.370 e. The van der Waals surface area contributed by atoms with Gasteiger partial charge in [0.2, 0.25) is 5.91 Å². The monoisotopic (exact) mass is 245 g/mol. The second kappa shape index (κ2) is 4.37. The Balaban J connectivity index is 2.82. The Morgan fingerprint density at radius 3 is 2.69 bits per heavy atom. The lowest BCUT2D eigenvalue weighted by Crippen LogP contribution is -2.13. The molecule has 0 heterocycles. The molecule has 0 saturated carbocycles. The number of carbonyl (C=O) groups excluding carboxylic acids is 1. The van der Waals surface area contributed by atoms with Gasteiger partial charge in [0.05, 0.1) is 4.83 Å². The summed E-state index contributed by atoms with van der Waals surface area (Å²) < 4.78 is 13.1. The van der Waals surface area contributed by atoms with Gasteiger partial charge in [-0.3, -0.25) is 4.79 Å². The third-order valence-electron chi connectivity index (χ3n) is 1.62. The van der Waals surface area contributed by atoms with Gasteiger partial charge in [-0.05, 0) is 6.07 Å². The van der Waals surface area contributed by atoms with Gasteiger partial charge in [-0.2, -0.15) is 0 Å². The summed E-state index contributed by atoms with van der Waals surface area (Å²) in [6.07, 6.45) is 0.0981. The fourth-order valence-corrected chi connectivity index (χ4v) is 1.71. The molecule has 1 rings (SSSR count). The van der Waals surface area contributed by atoms with Crippen LogP contribution >= 0.6 is 15.9 Å². The van der Waals surface area contributed by atoms with Crippen LogP contribution in [0.15, 0.2) is 24.3 Å². The summed E-state index contributed by atoms with van der Waals surface area (Å²) in [7, 11) is 0. The van der Waals surface area contributed by atoms with E-state index >= 15 is 0 Å². The number of amides is 1. The fraction of sp³-hybridized carbons (Fsp3) is 0.222. The van der Waals surface area contributed by atoms with Crippen LogP contribution in [0.4, 0.5) is 4.39 Å². The maximum absolute atomic E-state index is 13.1. The van der Waals surface area contributed by atoms with E-state index in [0.29, 0.717) is 5.56 Å². The van der Waals surface area contributed by atoms with Crippen molar-refractivity contribution < 1.29 is 9.18 Å². The van der Waals surface area contributed by atoms with E-state index in [1.807, 2.05) is 0 Å². The largest absolute Gasteiger partial charge is 0.370 e. The van der Waals surface area contributed by atoms with E-state index in [9.17, 15) is 9.18 Å². The van der Waals surface area contributed by atoms with Crippen molar-refractivity contribution in [3.05, 3.63) is 35.6 Å². The highest BCUT2D eigenvalue weighted by Gasteiger charge is 2.13. The molecular weight excluding hydrogens is 237 g/mol. The fourth-order valence-electron chi connectivity index (χ4n) is 1.02. The molecule has 1 unspecified atom stereocenters. The van der Waals surface area contributed by atoms with Crippen molar-refractivity contribution in [1.82, 2.24) is 0 Å². The van der Waals surface area contributed by atoms with Gasteiger partial charge in [-0.15, -0.1) is 0 Å². The zero-order chi connectivity index (χ0) is 9.84. The van der Waals surface area contributed by atoms with Crippen molar-refractivity contribution in [1.29, 1.82) is 0 Å². The molecule has 0 radical (unpaired) electrons. The van der Waals surface area contributed by atoms with E-state index < -0.39 is 5.91 Å². The summed E-state index contributed by atoms with van der Waals surface area (Å²) in [6.45, 7) is 0. The summed E-state index contributed by atoms with van der Waals surface area (Å²) in [5.41, 5.74) is 5.45. The molecule has 1 amide bonds. The van der Waals surface area contributed by atoms with E-state index in [2.05, 4.69) is 15.9 Å². The predicted octanol–water partition coefficient (Wildman–Crippen LogP) is 2.14. The molecule has 0 aliphatic heterocycles. The van der Waals surface area contributed by atoms with E-state index in [1.165, 1.54) is 6.07 Å². The quantitative estimate of drug-likeness (QED) is 0.815. The van der Waals surface area contributed by atoms with Gasteiger partial charge in [0, 0.05) is 12.0 Å². The minimum atomic E-state index is -0.454. The first kappa shape index (κ1) is 10.2. The third kappa shape index (κ3) is 2.81. The second-order valence-corrected chi connectivity index (χ2v) is 3.76. The molecule has 0 spiro atoms. The Bertz CT molecular complexity index is 316. The number of rotatable bonds is 3. The first-order valence-electron chi connectivity index (χ1n) is 3.78. The van der Waals surface area contributed by atoms with Gasteiger partial charge in [0.1, 0.15) is 5.82 Å². The van der Waals surface area contributed by atoms with Gasteiger partial charge in [0.25, 0.3) is 0 Å². The molecule has 0 aromatic heterocycles. The lowest BCUT2D eigenvalue weighted by atomic mass is 10.1. The van der Waals surface area contributed by atoms with E-state index in [4.69, 9.17) is 5.73 Å². The molecular formula is C9H9BrFNO. The Labute approximate surface area is 84.1 Å². The molecule has 70 valence electrons. The number of benzene rings is 1. The average Bonchev–Trinajstić information content (AvgIpc) is 2.03. The SMILES string of the molecule is NC(=O)CC(Br)c1ccccc1F. The number of nitrogens with two attached hydrogens (primary N) is 1. The van der Waals surface area contributed by atoms with Gasteiger partial charge < -0.3 is 5.73 Å². The Hall–Kier alpha value is -0.900. The molecule has 0 fully saturated rings. The van der Waals surface area contributed by atoms with Crippen LogP contribution in [0.2, 0.25) is 0 Å². The molecule has 1 atom stereocenters. The highest BCUT2D eigenvalue weighted by molar-refractivity contribution is 9.09. The van der Waals surface area contributed by atoms with Crippen molar-refractivity contribution in [2.45, 2.75) is 11.2 Å². The number of hydrogen-bond donors (Lipinski definition) is 1. The van der Waals surface area contributed by atoms with Gasteiger partial charge in [0.15, 0.2) is 0 Å². The van der Waals surface area contributed by atoms with Crippen molar-refractivity contribution in [3.63, 3.8) is 0 Å². The summed E-state index contributed by atoms with van der Waals surface area (Å²) in [4.78, 5) is 10.2. The summed E-state index contributed by atoms with van der Waals surface area (Å²) >= 11 is 3.20. The maximum atomic E-state index is 13.1. The summed E-state index contributed by atoms with van der Waals surface area (Å²) in [5.74, 6) is -0.782. The number of hydrogen-bond acceptors (Lipinski definition) is 1. The molecule has 1 aromatic rings. The van der Waals surface area contributed by atoms with Crippen LogP contribution in [-0.2, 0) is 4.79 Å². The lowest BCUT2D eigenvalue weighted by molar-refractivity contribution is -0.118. The molecule has 0 aliphatic carbocycles. The zero-order valence-electron chi connectivity index (χ0n) is 6.84. The number of halogens is 2. The van der Waals surface area contributed by atoms with Crippen LogP contribution < -0.4 is 5.73 Å². The number of alkyl halides is 1. The molecule has 13 heavy (non-hydrogen) atoms. The van der Waals surface area contributed by atoms with E-state index in [-0.39, 0.29) is 17.1 Å². The van der Waals surface area contributed by atoms with Gasteiger partial charge >= 0.3 is 0 Å². The van der Waals surface area contributed by atoms with E-state index in [1.54, 1.807) is 18.2 Å². The van der Waals surface area contributed by atoms with Crippen LogP contribution in [0.25, 0.3) is 0 Å². The maximum Gasteiger partial charge on any atom is 0.218 e. The Morgan fingerprint density at radius 1 is 1.54 bits per heavy atom. The van der Waals surface area contributed by atoms with Crippen molar-refractivity contribution >= 4 is 21.8 Å². The van der Waals surface area contributed by atoms with Crippen molar-refractivity contribution in [2.24, 2.45) is 5.73 Å². The summed E-state index contributed by atoms with van der Waals surface area (Å²) in [5, 5.41) is 0. The first-order valence-corrected chi connectivity index (χ1v) is 4.69. The molecule has 4 heteroatoms. The molecule has 1 aromatic carbocycles. The van der Waals surface area contributed by atoms with Crippen LogP contribution in [0, 0.1) is 5.82 Å². The highest BCUT2D eigenvalue weighted by atomic mass is 79.9.